The second-order valence-corrected chi connectivity index (χ2v) is 4.31. The van der Waals surface area contributed by atoms with E-state index in [0.717, 1.165) is 17.7 Å². The molecule has 0 atom stereocenters. The van der Waals surface area contributed by atoms with E-state index in [-0.39, 0.29) is 5.41 Å². The zero-order valence-electron chi connectivity index (χ0n) is 9.02. The summed E-state index contributed by atoms with van der Waals surface area (Å²) in [4.78, 5) is 0. The van der Waals surface area contributed by atoms with Crippen LogP contribution in [0.2, 0.25) is 0 Å². The van der Waals surface area contributed by atoms with E-state index in [0.29, 0.717) is 0 Å². The SMILES string of the molecule is CCC(C)(C)c1ccc(C)c(N)c1. The quantitative estimate of drug-likeness (QED) is 0.689. The summed E-state index contributed by atoms with van der Waals surface area (Å²) < 4.78 is 0. The fourth-order valence-corrected chi connectivity index (χ4v) is 1.27. The number of anilines is 1. The van der Waals surface area contributed by atoms with Crippen LogP contribution in [0.4, 0.5) is 5.69 Å². The van der Waals surface area contributed by atoms with Crippen LogP contribution >= 0.6 is 0 Å². The summed E-state index contributed by atoms with van der Waals surface area (Å²) in [5.74, 6) is 0. The number of hydrogen-bond donors (Lipinski definition) is 1. The highest BCUT2D eigenvalue weighted by Crippen LogP contribution is 2.28. The van der Waals surface area contributed by atoms with E-state index >= 15 is 0 Å². The van der Waals surface area contributed by atoms with Gasteiger partial charge in [-0.1, -0.05) is 32.9 Å². The maximum absolute atomic E-state index is 5.87. The second kappa shape index (κ2) is 3.41. The van der Waals surface area contributed by atoms with Gasteiger partial charge in [-0.15, -0.1) is 0 Å². The molecule has 1 rings (SSSR count). The lowest BCUT2D eigenvalue weighted by molar-refractivity contribution is 0.506. The van der Waals surface area contributed by atoms with Gasteiger partial charge in [0.25, 0.3) is 0 Å². The van der Waals surface area contributed by atoms with Gasteiger partial charge in [0.2, 0.25) is 0 Å². The van der Waals surface area contributed by atoms with Crippen LogP contribution in [-0.4, -0.2) is 0 Å². The fraction of sp³-hybridized carbons (Fsp3) is 0.500. The predicted octanol–water partition coefficient (Wildman–Crippen LogP) is 3.26. The highest BCUT2D eigenvalue weighted by Gasteiger charge is 2.17. The van der Waals surface area contributed by atoms with Crippen molar-refractivity contribution in [3.05, 3.63) is 29.3 Å². The highest BCUT2D eigenvalue weighted by atomic mass is 14.6. The van der Waals surface area contributed by atoms with Crippen LogP contribution in [0.15, 0.2) is 18.2 Å². The Morgan fingerprint density at radius 3 is 2.38 bits per heavy atom. The molecule has 1 nitrogen and oxygen atoms in total. The number of nitrogen functional groups attached to an aromatic ring is 1. The van der Waals surface area contributed by atoms with Gasteiger partial charge in [-0.05, 0) is 36.0 Å². The molecule has 0 aromatic heterocycles. The van der Waals surface area contributed by atoms with Crippen molar-refractivity contribution >= 4 is 5.69 Å². The van der Waals surface area contributed by atoms with Crippen molar-refractivity contribution in [2.75, 3.05) is 5.73 Å². The highest BCUT2D eigenvalue weighted by molar-refractivity contribution is 5.49. The van der Waals surface area contributed by atoms with Crippen LogP contribution in [0.25, 0.3) is 0 Å². The van der Waals surface area contributed by atoms with Crippen molar-refractivity contribution in [1.29, 1.82) is 0 Å². The standard InChI is InChI=1S/C12H19N/c1-5-12(3,4)10-7-6-9(2)11(13)8-10/h6-8H,5,13H2,1-4H3. The Labute approximate surface area is 81.0 Å². The third-order valence-corrected chi connectivity index (χ3v) is 2.94. The molecule has 0 unspecified atom stereocenters. The molecule has 0 aliphatic rings. The second-order valence-electron chi connectivity index (χ2n) is 4.31. The molecule has 0 bridgehead atoms. The van der Waals surface area contributed by atoms with E-state index in [1.165, 1.54) is 5.56 Å². The normalized spacial score (nSPS) is 11.7. The van der Waals surface area contributed by atoms with Gasteiger partial charge in [0.15, 0.2) is 0 Å². The van der Waals surface area contributed by atoms with Gasteiger partial charge in [-0.25, -0.2) is 0 Å². The Morgan fingerprint density at radius 1 is 1.31 bits per heavy atom. The summed E-state index contributed by atoms with van der Waals surface area (Å²) in [7, 11) is 0. The van der Waals surface area contributed by atoms with Gasteiger partial charge in [-0.2, -0.15) is 0 Å². The van der Waals surface area contributed by atoms with Gasteiger partial charge in [0.05, 0.1) is 0 Å². The van der Waals surface area contributed by atoms with Crippen molar-refractivity contribution < 1.29 is 0 Å². The van der Waals surface area contributed by atoms with Gasteiger partial charge in [-0.3, -0.25) is 0 Å². The fourth-order valence-electron chi connectivity index (χ4n) is 1.27. The Bertz CT molecular complexity index is 300. The van der Waals surface area contributed by atoms with Crippen molar-refractivity contribution in [2.45, 2.75) is 39.5 Å². The van der Waals surface area contributed by atoms with Gasteiger partial charge < -0.3 is 5.73 Å². The molecule has 72 valence electrons. The molecule has 0 heterocycles. The molecule has 0 amide bonds. The molecule has 2 N–H and O–H groups in total. The van der Waals surface area contributed by atoms with Gasteiger partial charge in [0, 0.05) is 5.69 Å². The minimum Gasteiger partial charge on any atom is -0.399 e. The first-order chi connectivity index (χ1) is 5.97. The number of aryl methyl sites for hydroxylation is 1. The molecule has 0 spiro atoms. The Balaban J connectivity index is 3.10. The van der Waals surface area contributed by atoms with Crippen LogP contribution < -0.4 is 5.73 Å². The number of rotatable bonds is 2. The molecule has 0 radical (unpaired) electrons. The zero-order chi connectivity index (χ0) is 10.1. The minimum atomic E-state index is 0.238. The smallest absolute Gasteiger partial charge is 0.0346 e. The predicted molar refractivity (Wildman–Crippen MR) is 58.9 cm³/mol. The van der Waals surface area contributed by atoms with E-state index in [4.69, 9.17) is 5.73 Å². The van der Waals surface area contributed by atoms with Crippen molar-refractivity contribution in [3.8, 4) is 0 Å². The lowest BCUT2D eigenvalue weighted by Gasteiger charge is -2.23. The number of nitrogens with two attached hydrogens (primary N) is 1. The molecule has 1 heteroatoms. The Morgan fingerprint density at radius 2 is 1.92 bits per heavy atom. The summed E-state index contributed by atoms with van der Waals surface area (Å²) in [6, 6.07) is 6.37. The lowest BCUT2D eigenvalue weighted by Crippen LogP contribution is -2.15. The molecule has 0 fully saturated rings. The number of hydrogen-bond acceptors (Lipinski definition) is 1. The van der Waals surface area contributed by atoms with Crippen molar-refractivity contribution in [2.24, 2.45) is 0 Å². The summed E-state index contributed by atoms with van der Waals surface area (Å²) >= 11 is 0. The molecular formula is C12H19N. The zero-order valence-corrected chi connectivity index (χ0v) is 9.02. The molecule has 0 saturated heterocycles. The maximum atomic E-state index is 5.87. The van der Waals surface area contributed by atoms with Gasteiger partial charge in [0.1, 0.15) is 0 Å². The summed E-state index contributed by atoms with van der Waals surface area (Å²) in [5.41, 5.74) is 9.51. The van der Waals surface area contributed by atoms with E-state index in [1.54, 1.807) is 0 Å². The minimum absolute atomic E-state index is 0.238. The molecular weight excluding hydrogens is 158 g/mol. The third kappa shape index (κ3) is 2.03. The molecule has 13 heavy (non-hydrogen) atoms. The average Bonchev–Trinajstić information content (AvgIpc) is 2.09. The maximum Gasteiger partial charge on any atom is 0.0346 e. The molecule has 0 aliphatic heterocycles. The van der Waals surface area contributed by atoms with Gasteiger partial charge >= 0.3 is 0 Å². The molecule has 0 aliphatic carbocycles. The molecule has 1 aromatic carbocycles. The van der Waals surface area contributed by atoms with Crippen LogP contribution in [-0.2, 0) is 5.41 Å². The van der Waals surface area contributed by atoms with Crippen molar-refractivity contribution in [1.82, 2.24) is 0 Å². The van der Waals surface area contributed by atoms with Crippen LogP contribution in [0.3, 0.4) is 0 Å². The van der Waals surface area contributed by atoms with E-state index < -0.39 is 0 Å². The van der Waals surface area contributed by atoms with E-state index in [2.05, 4.69) is 39.0 Å². The first-order valence-corrected chi connectivity index (χ1v) is 4.84. The van der Waals surface area contributed by atoms with Crippen LogP contribution in [0.1, 0.15) is 38.3 Å². The third-order valence-electron chi connectivity index (χ3n) is 2.94. The Hall–Kier alpha value is -0.980. The van der Waals surface area contributed by atoms with E-state index in [9.17, 15) is 0 Å². The first kappa shape index (κ1) is 10.1. The van der Waals surface area contributed by atoms with Crippen LogP contribution in [0.5, 0.6) is 0 Å². The largest absolute Gasteiger partial charge is 0.399 e. The summed E-state index contributed by atoms with van der Waals surface area (Å²) in [5, 5.41) is 0. The lowest BCUT2D eigenvalue weighted by atomic mass is 9.82. The summed E-state index contributed by atoms with van der Waals surface area (Å²) in [6.45, 7) is 8.74. The summed E-state index contributed by atoms with van der Waals surface area (Å²) in [6.07, 6.45) is 1.13. The monoisotopic (exact) mass is 177 g/mol. The van der Waals surface area contributed by atoms with Crippen molar-refractivity contribution in [3.63, 3.8) is 0 Å². The van der Waals surface area contributed by atoms with Crippen LogP contribution in [0, 0.1) is 6.92 Å². The Kier molecular flexibility index (Phi) is 2.65. The topological polar surface area (TPSA) is 26.0 Å². The van der Waals surface area contributed by atoms with E-state index in [1.807, 2.05) is 6.92 Å². The molecule has 0 saturated carbocycles. The molecule has 1 aromatic rings. The first-order valence-electron chi connectivity index (χ1n) is 4.84. The number of benzene rings is 1. The average molecular weight is 177 g/mol.